The number of hydrogen-bond donors (Lipinski definition) is 0. The van der Waals surface area contributed by atoms with Crippen molar-refractivity contribution in [2.45, 2.75) is 13.1 Å². The molecule has 0 atom stereocenters. The van der Waals surface area contributed by atoms with Gasteiger partial charge in [-0.3, -0.25) is 0 Å². The van der Waals surface area contributed by atoms with Crippen molar-refractivity contribution in [2.24, 2.45) is 0 Å². The Labute approximate surface area is 57.5 Å². The van der Waals surface area contributed by atoms with E-state index in [2.05, 4.69) is 4.74 Å². The van der Waals surface area contributed by atoms with E-state index < -0.39 is 12.8 Å². The molecule has 0 spiro atoms. The van der Waals surface area contributed by atoms with E-state index in [0.29, 0.717) is 0 Å². The van der Waals surface area contributed by atoms with Crippen LogP contribution >= 0.6 is 0 Å². The second-order valence-corrected chi connectivity index (χ2v) is 1.70. The molecule has 0 amide bonds. The van der Waals surface area contributed by atoms with Crippen molar-refractivity contribution < 1.29 is 17.9 Å². The molecule has 0 aromatic heterocycles. The second kappa shape index (κ2) is 4.33. The fourth-order valence-corrected chi connectivity index (χ4v) is 0.339. The number of rotatable bonds is 3. The van der Waals surface area contributed by atoms with Gasteiger partial charge in [0.1, 0.15) is 6.61 Å². The van der Waals surface area contributed by atoms with E-state index in [-0.39, 0.29) is 6.61 Å². The molecular formula is C6H9F3O. The van der Waals surface area contributed by atoms with E-state index in [1.807, 2.05) is 0 Å². The molecule has 0 radical (unpaired) electrons. The van der Waals surface area contributed by atoms with Crippen molar-refractivity contribution in [1.29, 1.82) is 0 Å². The second-order valence-electron chi connectivity index (χ2n) is 1.70. The van der Waals surface area contributed by atoms with Crippen molar-refractivity contribution in [3.05, 3.63) is 12.2 Å². The molecule has 0 unspecified atom stereocenters. The monoisotopic (exact) mass is 154 g/mol. The first-order chi connectivity index (χ1) is 4.56. The molecule has 0 N–H and O–H groups in total. The zero-order chi connectivity index (χ0) is 8.04. The lowest BCUT2D eigenvalue weighted by atomic mass is 10.5. The van der Waals surface area contributed by atoms with Crippen molar-refractivity contribution in [3.63, 3.8) is 0 Å². The Balaban J connectivity index is 3.20. The van der Waals surface area contributed by atoms with Crippen LogP contribution in [0.3, 0.4) is 0 Å². The normalized spacial score (nSPS) is 12.8. The molecule has 0 aromatic carbocycles. The van der Waals surface area contributed by atoms with Crippen LogP contribution in [-0.4, -0.2) is 19.4 Å². The third-order valence-corrected chi connectivity index (χ3v) is 0.716. The Morgan fingerprint density at radius 3 is 2.40 bits per heavy atom. The summed E-state index contributed by atoms with van der Waals surface area (Å²) in [4.78, 5) is 0. The topological polar surface area (TPSA) is 9.23 Å². The molecule has 0 aromatic rings. The first-order valence-electron chi connectivity index (χ1n) is 2.82. The number of hydrogen-bond acceptors (Lipinski definition) is 1. The molecule has 0 rings (SSSR count). The standard InChI is InChI=1S/C6H9F3O/c1-2-3-4-10-5-6(7,8)9/h2-3H,4-5H2,1H3/b3-2-. The number of allylic oxidation sites excluding steroid dienone is 1. The third-order valence-electron chi connectivity index (χ3n) is 0.716. The average molecular weight is 154 g/mol. The number of ether oxygens (including phenoxy) is 1. The predicted molar refractivity (Wildman–Crippen MR) is 31.7 cm³/mol. The molecule has 10 heavy (non-hydrogen) atoms. The molecule has 0 fully saturated rings. The summed E-state index contributed by atoms with van der Waals surface area (Å²) in [7, 11) is 0. The highest BCUT2D eigenvalue weighted by Gasteiger charge is 2.26. The smallest absolute Gasteiger partial charge is 0.368 e. The summed E-state index contributed by atoms with van der Waals surface area (Å²) in [5, 5.41) is 0. The minimum Gasteiger partial charge on any atom is -0.368 e. The summed E-state index contributed by atoms with van der Waals surface area (Å²) < 4.78 is 38.2. The van der Waals surface area contributed by atoms with Gasteiger partial charge in [-0.25, -0.2) is 0 Å². The molecule has 4 heteroatoms. The van der Waals surface area contributed by atoms with Gasteiger partial charge in [-0.1, -0.05) is 12.2 Å². The Bertz CT molecular complexity index is 106. The SMILES string of the molecule is C/C=C\COCC(F)(F)F. The maximum atomic E-state index is 11.3. The molecule has 0 aliphatic carbocycles. The summed E-state index contributed by atoms with van der Waals surface area (Å²) in [6, 6.07) is 0. The highest BCUT2D eigenvalue weighted by molar-refractivity contribution is 4.75. The maximum absolute atomic E-state index is 11.3. The van der Waals surface area contributed by atoms with Gasteiger partial charge in [0.2, 0.25) is 0 Å². The van der Waals surface area contributed by atoms with Crippen LogP contribution in [0.4, 0.5) is 13.2 Å². The van der Waals surface area contributed by atoms with Gasteiger partial charge in [-0.2, -0.15) is 13.2 Å². The minimum absolute atomic E-state index is 0.0238. The van der Waals surface area contributed by atoms with Crippen LogP contribution in [-0.2, 0) is 4.74 Å². The predicted octanol–water partition coefficient (Wildman–Crippen LogP) is 2.14. The minimum atomic E-state index is -4.21. The molecular weight excluding hydrogens is 145 g/mol. The van der Waals surface area contributed by atoms with Gasteiger partial charge in [0, 0.05) is 0 Å². The van der Waals surface area contributed by atoms with Gasteiger partial charge in [0.25, 0.3) is 0 Å². The van der Waals surface area contributed by atoms with E-state index in [1.54, 1.807) is 13.0 Å². The van der Waals surface area contributed by atoms with E-state index in [1.165, 1.54) is 6.08 Å². The van der Waals surface area contributed by atoms with E-state index in [0.717, 1.165) is 0 Å². The zero-order valence-corrected chi connectivity index (χ0v) is 5.61. The Morgan fingerprint density at radius 1 is 1.40 bits per heavy atom. The first-order valence-corrected chi connectivity index (χ1v) is 2.82. The highest BCUT2D eigenvalue weighted by atomic mass is 19.4. The fraction of sp³-hybridized carbons (Fsp3) is 0.667. The van der Waals surface area contributed by atoms with Crippen molar-refractivity contribution in [1.82, 2.24) is 0 Å². The van der Waals surface area contributed by atoms with Gasteiger partial charge in [-0.15, -0.1) is 0 Å². The van der Waals surface area contributed by atoms with Gasteiger partial charge in [0.05, 0.1) is 6.61 Å². The average Bonchev–Trinajstić information content (AvgIpc) is 1.78. The van der Waals surface area contributed by atoms with Crippen molar-refractivity contribution in [2.75, 3.05) is 13.2 Å². The summed E-state index contributed by atoms with van der Waals surface area (Å²) in [5.74, 6) is 0. The van der Waals surface area contributed by atoms with Crippen LogP contribution in [0.1, 0.15) is 6.92 Å². The van der Waals surface area contributed by atoms with Crippen LogP contribution < -0.4 is 0 Å². The molecule has 0 saturated carbocycles. The van der Waals surface area contributed by atoms with Gasteiger partial charge in [0.15, 0.2) is 0 Å². The summed E-state index contributed by atoms with van der Waals surface area (Å²) in [6.45, 7) is 0.574. The molecule has 0 bridgehead atoms. The van der Waals surface area contributed by atoms with Crippen LogP contribution in [0.25, 0.3) is 0 Å². The lowest BCUT2D eigenvalue weighted by Gasteiger charge is -2.04. The van der Waals surface area contributed by atoms with Gasteiger partial charge in [-0.05, 0) is 6.92 Å². The molecule has 60 valence electrons. The largest absolute Gasteiger partial charge is 0.411 e. The van der Waals surface area contributed by atoms with E-state index in [4.69, 9.17) is 0 Å². The molecule has 0 heterocycles. The van der Waals surface area contributed by atoms with Crippen LogP contribution in [0.2, 0.25) is 0 Å². The van der Waals surface area contributed by atoms with Gasteiger partial charge < -0.3 is 4.74 Å². The Kier molecular flexibility index (Phi) is 4.11. The maximum Gasteiger partial charge on any atom is 0.411 e. The summed E-state index contributed by atoms with van der Waals surface area (Å²) >= 11 is 0. The van der Waals surface area contributed by atoms with E-state index >= 15 is 0 Å². The molecule has 0 aliphatic rings. The van der Waals surface area contributed by atoms with Crippen LogP contribution in [0.15, 0.2) is 12.2 Å². The zero-order valence-electron chi connectivity index (χ0n) is 5.61. The number of halogens is 3. The van der Waals surface area contributed by atoms with Gasteiger partial charge >= 0.3 is 6.18 Å². The molecule has 0 aliphatic heterocycles. The number of alkyl halides is 3. The molecule has 1 nitrogen and oxygen atoms in total. The van der Waals surface area contributed by atoms with Crippen molar-refractivity contribution in [3.8, 4) is 0 Å². The quantitative estimate of drug-likeness (QED) is 0.447. The van der Waals surface area contributed by atoms with Crippen LogP contribution in [0, 0.1) is 0 Å². The Morgan fingerprint density at radius 2 is 2.00 bits per heavy atom. The third kappa shape index (κ3) is 7.49. The molecule has 0 saturated heterocycles. The van der Waals surface area contributed by atoms with Crippen LogP contribution in [0.5, 0.6) is 0 Å². The lowest BCUT2D eigenvalue weighted by Crippen LogP contribution is -2.16. The summed E-state index contributed by atoms with van der Waals surface area (Å²) in [5.41, 5.74) is 0. The van der Waals surface area contributed by atoms with E-state index in [9.17, 15) is 13.2 Å². The van der Waals surface area contributed by atoms with Crippen molar-refractivity contribution >= 4 is 0 Å². The summed E-state index contributed by atoms with van der Waals surface area (Å²) in [6.07, 6.45) is -1.05. The highest BCUT2D eigenvalue weighted by Crippen LogP contribution is 2.13. The fourth-order valence-electron chi connectivity index (χ4n) is 0.339. The first kappa shape index (κ1) is 9.49. The Hall–Kier alpha value is -0.510. The lowest BCUT2D eigenvalue weighted by molar-refractivity contribution is -0.171.